The predicted octanol–water partition coefficient (Wildman–Crippen LogP) is 4.76. The molecule has 2 aromatic heterocycles. The minimum absolute atomic E-state index is 0.0431. The maximum absolute atomic E-state index is 14.8. The summed E-state index contributed by atoms with van der Waals surface area (Å²) in [6.07, 6.45) is 2.47. The monoisotopic (exact) mass is 489 g/mol. The molecule has 10 heteroatoms. The highest BCUT2D eigenvalue weighted by atomic mass is 28.3. The fourth-order valence-corrected chi connectivity index (χ4v) is 4.36. The van der Waals surface area contributed by atoms with E-state index in [9.17, 15) is 14.3 Å². The van der Waals surface area contributed by atoms with E-state index >= 15 is 0 Å². The zero-order valence-electron chi connectivity index (χ0n) is 20.0. The van der Waals surface area contributed by atoms with Crippen molar-refractivity contribution >= 4 is 25.2 Å². The molecule has 1 atom stereocenters. The fourth-order valence-electron chi connectivity index (χ4n) is 3.60. The van der Waals surface area contributed by atoms with Crippen LogP contribution in [0.5, 0.6) is 11.5 Å². The summed E-state index contributed by atoms with van der Waals surface area (Å²) in [5, 5.41) is 21.1. The standard InChI is InChI=1S/C24H32FN3O5Si/c1-16-13-28(15-32-9-10-34(2,3)4)23-22(16)21(7-8-26-23)33-20-6-5-17(12-19(20)25)11-18(14-29)27-24(30)31/h5-8,12-13,18,27,29H,9-11,14-15H2,1-4H3,(H,30,31). The van der Waals surface area contributed by atoms with Crippen molar-refractivity contribution < 1.29 is 28.9 Å². The molecule has 0 radical (unpaired) electrons. The molecular weight excluding hydrogens is 457 g/mol. The number of benzene rings is 1. The van der Waals surface area contributed by atoms with E-state index in [4.69, 9.17) is 14.6 Å². The summed E-state index contributed by atoms with van der Waals surface area (Å²) in [5.41, 5.74) is 2.18. The van der Waals surface area contributed by atoms with E-state index in [1.807, 2.05) is 17.7 Å². The van der Waals surface area contributed by atoms with Crippen LogP contribution in [0, 0.1) is 12.7 Å². The van der Waals surface area contributed by atoms with Crippen molar-refractivity contribution in [3.05, 3.63) is 53.6 Å². The molecule has 0 fully saturated rings. The summed E-state index contributed by atoms with van der Waals surface area (Å²) in [4.78, 5) is 15.3. The number of aliphatic hydroxyl groups excluding tert-OH is 1. The van der Waals surface area contributed by atoms with E-state index in [0.29, 0.717) is 30.3 Å². The Labute approximate surface area is 199 Å². The summed E-state index contributed by atoms with van der Waals surface area (Å²) < 4.78 is 28.5. The molecule has 0 saturated carbocycles. The number of aliphatic hydroxyl groups is 1. The van der Waals surface area contributed by atoms with Crippen molar-refractivity contribution in [2.45, 2.75) is 51.8 Å². The van der Waals surface area contributed by atoms with Crippen molar-refractivity contribution in [3.8, 4) is 11.5 Å². The summed E-state index contributed by atoms with van der Waals surface area (Å²) in [7, 11) is -1.17. The molecule has 0 aliphatic carbocycles. The minimum atomic E-state index is -1.25. The average molecular weight is 490 g/mol. The summed E-state index contributed by atoms with van der Waals surface area (Å²) >= 11 is 0. The third-order valence-corrected chi connectivity index (χ3v) is 7.09. The van der Waals surface area contributed by atoms with Crippen LogP contribution in [0.3, 0.4) is 0 Å². The normalized spacial score (nSPS) is 12.6. The molecule has 0 aliphatic rings. The van der Waals surface area contributed by atoms with Crippen molar-refractivity contribution in [2.24, 2.45) is 0 Å². The van der Waals surface area contributed by atoms with Crippen LogP contribution < -0.4 is 10.1 Å². The summed E-state index contributed by atoms with van der Waals surface area (Å²) in [5.74, 6) is -0.0569. The van der Waals surface area contributed by atoms with Gasteiger partial charge in [0.05, 0.1) is 18.0 Å². The van der Waals surface area contributed by atoms with Gasteiger partial charge in [-0.25, -0.2) is 14.2 Å². The molecule has 1 amide bonds. The Balaban J connectivity index is 1.76. The van der Waals surface area contributed by atoms with Crippen molar-refractivity contribution in [3.63, 3.8) is 0 Å². The Kier molecular flexibility index (Phi) is 8.29. The Morgan fingerprint density at radius 3 is 2.68 bits per heavy atom. The van der Waals surface area contributed by atoms with E-state index in [1.165, 1.54) is 12.1 Å². The van der Waals surface area contributed by atoms with Crippen LogP contribution in [0.2, 0.25) is 25.7 Å². The highest BCUT2D eigenvalue weighted by Gasteiger charge is 2.17. The zero-order chi connectivity index (χ0) is 24.9. The Hall–Kier alpha value is -2.95. The third-order valence-electron chi connectivity index (χ3n) is 5.38. The number of rotatable bonds is 11. The van der Waals surface area contributed by atoms with Gasteiger partial charge in [0.2, 0.25) is 0 Å². The van der Waals surface area contributed by atoms with Gasteiger partial charge in [-0.1, -0.05) is 25.7 Å². The first-order valence-electron chi connectivity index (χ1n) is 11.2. The van der Waals surface area contributed by atoms with Crippen LogP contribution in [0.15, 0.2) is 36.7 Å². The predicted molar refractivity (Wildman–Crippen MR) is 131 cm³/mol. The molecule has 3 N–H and O–H groups in total. The highest BCUT2D eigenvalue weighted by Crippen LogP contribution is 2.33. The maximum Gasteiger partial charge on any atom is 0.404 e. The number of aryl methyl sites for hydroxylation is 1. The van der Waals surface area contributed by atoms with Crippen LogP contribution in [0.1, 0.15) is 11.1 Å². The Bertz CT molecular complexity index is 1150. The van der Waals surface area contributed by atoms with Crippen molar-refractivity contribution in [1.82, 2.24) is 14.9 Å². The number of amides is 1. The lowest BCUT2D eigenvalue weighted by atomic mass is 10.1. The van der Waals surface area contributed by atoms with E-state index in [2.05, 4.69) is 29.9 Å². The molecule has 0 bridgehead atoms. The number of hydrogen-bond donors (Lipinski definition) is 3. The summed E-state index contributed by atoms with van der Waals surface area (Å²) in [6, 6.07) is 6.47. The summed E-state index contributed by atoms with van der Waals surface area (Å²) in [6.45, 7) is 9.55. The third kappa shape index (κ3) is 6.78. The molecule has 1 aromatic carbocycles. The number of nitrogens with zero attached hydrogens (tertiary/aromatic N) is 2. The number of nitrogens with one attached hydrogen (secondary N) is 1. The molecular formula is C24H32FN3O5Si. The number of halogens is 1. The topological polar surface area (TPSA) is 106 Å². The van der Waals surface area contributed by atoms with Gasteiger partial charge in [-0.2, -0.15) is 0 Å². The average Bonchev–Trinajstić information content (AvgIpc) is 3.08. The lowest BCUT2D eigenvalue weighted by molar-refractivity contribution is 0.0898. The molecule has 2 heterocycles. The quantitative estimate of drug-likeness (QED) is 0.265. The number of pyridine rings is 1. The molecule has 1 unspecified atom stereocenters. The largest absolute Gasteiger partial charge is 0.465 e. The van der Waals surface area contributed by atoms with E-state index in [1.54, 1.807) is 18.3 Å². The van der Waals surface area contributed by atoms with Crippen LogP contribution in [0.25, 0.3) is 11.0 Å². The number of aromatic nitrogens is 2. The SMILES string of the molecule is Cc1cn(COCC[Si](C)(C)C)c2nccc(Oc3ccc(CC(CO)NC(=O)O)cc3F)c12. The van der Waals surface area contributed by atoms with Crippen molar-refractivity contribution in [1.29, 1.82) is 0 Å². The molecule has 3 rings (SSSR count). The lowest BCUT2D eigenvalue weighted by Crippen LogP contribution is -2.38. The van der Waals surface area contributed by atoms with Gasteiger partial charge in [-0.05, 0) is 48.7 Å². The number of carbonyl (C=O) groups is 1. The van der Waals surface area contributed by atoms with Gasteiger partial charge in [0, 0.05) is 27.1 Å². The molecule has 0 saturated heterocycles. The van der Waals surface area contributed by atoms with Gasteiger partial charge in [0.15, 0.2) is 11.6 Å². The Morgan fingerprint density at radius 1 is 1.26 bits per heavy atom. The second-order valence-electron chi connectivity index (χ2n) is 9.54. The Morgan fingerprint density at radius 2 is 2.03 bits per heavy atom. The first kappa shape index (κ1) is 25.7. The van der Waals surface area contributed by atoms with Gasteiger partial charge in [-0.3, -0.25) is 0 Å². The van der Waals surface area contributed by atoms with Gasteiger partial charge < -0.3 is 29.6 Å². The number of hydrogen-bond acceptors (Lipinski definition) is 5. The molecule has 0 aliphatic heterocycles. The van der Waals surface area contributed by atoms with Crippen LogP contribution in [-0.2, 0) is 17.9 Å². The highest BCUT2D eigenvalue weighted by molar-refractivity contribution is 6.76. The van der Waals surface area contributed by atoms with Crippen LogP contribution in [0.4, 0.5) is 9.18 Å². The molecule has 184 valence electrons. The number of carboxylic acid groups (broad SMARTS) is 1. The van der Waals surface area contributed by atoms with Gasteiger partial charge in [0.1, 0.15) is 18.1 Å². The maximum atomic E-state index is 14.8. The van der Waals surface area contributed by atoms with E-state index in [-0.39, 0.29) is 18.8 Å². The smallest absolute Gasteiger partial charge is 0.404 e. The second kappa shape index (κ2) is 11.0. The zero-order valence-corrected chi connectivity index (χ0v) is 21.0. The number of fused-ring (bicyclic) bond motifs is 1. The van der Waals surface area contributed by atoms with E-state index < -0.39 is 26.0 Å². The minimum Gasteiger partial charge on any atom is -0.465 e. The number of ether oxygens (including phenoxy) is 2. The molecule has 34 heavy (non-hydrogen) atoms. The van der Waals surface area contributed by atoms with Crippen LogP contribution >= 0.6 is 0 Å². The van der Waals surface area contributed by atoms with Crippen LogP contribution in [-0.4, -0.2) is 53.2 Å². The lowest BCUT2D eigenvalue weighted by Gasteiger charge is -2.16. The first-order valence-corrected chi connectivity index (χ1v) is 14.9. The van der Waals surface area contributed by atoms with Gasteiger partial charge >= 0.3 is 6.09 Å². The molecule has 0 spiro atoms. The van der Waals surface area contributed by atoms with Gasteiger partial charge in [0.25, 0.3) is 0 Å². The molecule has 8 nitrogen and oxygen atoms in total. The fraction of sp³-hybridized carbons (Fsp3) is 0.417. The first-order chi connectivity index (χ1) is 16.1. The second-order valence-corrected chi connectivity index (χ2v) is 15.2. The van der Waals surface area contributed by atoms with Crippen molar-refractivity contribution in [2.75, 3.05) is 13.2 Å². The molecule has 3 aromatic rings. The van der Waals surface area contributed by atoms with Gasteiger partial charge in [-0.15, -0.1) is 0 Å². The van der Waals surface area contributed by atoms with E-state index in [0.717, 1.165) is 17.0 Å².